The minimum absolute atomic E-state index is 0.130. The summed E-state index contributed by atoms with van der Waals surface area (Å²) in [5.74, 6) is 1.63. The number of aromatic amines is 1. The molecule has 0 fully saturated rings. The lowest BCUT2D eigenvalue weighted by Gasteiger charge is -2.07. The summed E-state index contributed by atoms with van der Waals surface area (Å²) in [5.41, 5.74) is 0.265. The highest BCUT2D eigenvalue weighted by atomic mass is 32.2. The molecule has 21 heavy (non-hydrogen) atoms. The van der Waals surface area contributed by atoms with Gasteiger partial charge in [0.05, 0.1) is 22.2 Å². The molecular weight excluding hydrogens is 292 g/mol. The fourth-order valence-electron chi connectivity index (χ4n) is 1.82. The lowest BCUT2D eigenvalue weighted by Crippen LogP contribution is -2.10. The van der Waals surface area contributed by atoms with Gasteiger partial charge < -0.3 is 10.3 Å². The summed E-state index contributed by atoms with van der Waals surface area (Å²) in [6.45, 7) is 4.20. The average molecular weight is 306 g/mol. The standard InChI is InChI=1S/C13H14N4O3S/c1-2-4-21-5-3-14-11-7-10-9(6-12(11)17(19)20)13(18)16-8-15-10/h2,6-8,14H,1,3-5H2,(H,15,16,18). The number of hydrogen-bond acceptors (Lipinski definition) is 6. The van der Waals surface area contributed by atoms with E-state index in [0.717, 1.165) is 11.5 Å². The number of anilines is 1. The number of rotatable bonds is 7. The summed E-state index contributed by atoms with van der Waals surface area (Å²) < 4.78 is 0. The van der Waals surface area contributed by atoms with Crippen molar-refractivity contribution in [1.82, 2.24) is 9.97 Å². The van der Waals surface area contributed by atoms with Crippen LogP contribution in [0.25, 0.3) is 10.9 Å². The summed E-state index contributed by atoms with van der Waals surface area (Å²) in [6.07, 6.45) is 3.08. The van der Waals surface area contributed by atoms with E-state index >= 15 is 0 Å². The van der Waals surface area contributed by atoms with Crippen LogP contribution in [0.3, 0.4) is 0 Å². The molecule has 7 nitrogen and oxygen atoms in total. The Morgan fingerprint density at radius 1 is 1.52 bits per heavy atom. The smallest absolute Gasteiger partial charge is 0.293 e. The summed E-state index contributed by atoms with van der Waals surface area (Å²) >= 11 is 1.67. The van der Waals surface area contributed by atoms with Crippen LogP contribution in [0.15, 0.2) is 35.9 Å². The molecule has 1 aromatic carbocycles. The normalized spacial score (nSPS) is 10.5. The highest BCUT2D eigenvalue weighted by Gasteiger charge is 2.16. The average Bonchev–Trinajstić information content (AvgIpc) is 2.46. The van der Waals surface area contributed by atoms with Crippen LogP contribution in [-0.4, -0.2) is 32.9 Å². The molecule has 0 aliphatic carbocycles. The number of nitro benzene ring substituents is 1. The fraction of sp³-hybridized carbons (Fsp3) is 0.231. The van der Waals surface area contributed by atoms with Crippen molar-refractivity contribution in [3.05, 3.63) is 51.6 Å². The van der Waals surface area contributed by atoms with Crippen molar-refractivity contribution >= 4 is 34.0 Å². The predicted molar refractivity (Wildman–Crippen MR) is 85.0 cm³/mol. The highest BCUT2D eigenvalue weighted by Crippen LogP contribution is 2.27. The van der Waals surface area contributed by atoms with Crippen molar-refractivity contribution in [3.8, 4) is 0 Å². The number of benzene rings is 1. The van der Waals surface area contributed by atoms with Crippen LogP contribution in [0, 0.1) is 10.1 Å². The van der Waals surface area contributed by atoms with Crippen LogP contribution < -0.4 is 10.9 Å². The summed E-state index contributed by atoms with van der Waals surface area (Å²) in [4.78, 5) is 28.7. The molecule has 0 spiro atoms. The minimum atomic E-state index is -0.509. The van der Waals surface area contributed by atoms with Gasteiger partial charge in [-0.2, -0.15) is 11.8 Å². The zero-order valence-electron chi connectivity index (χ0n) is 11.2. The molecule has 0 bridgehead atoms. The molecule has 0 saturated carbocycles. The summed E-state index contributed by atoms with van der Waals surface area (Å²) in [6, 6.07) is 2.78. The molecule has 2 aromatic rings. The Balaban J connectivity index is 2.28. The number of fused-ring (bicyclic) bond motifs is 1. The maximum Gasteiger partial charge on any atom is 0.293 e. The van der Waals surface area contributed by atoms with E-state index in [1.54, 1.807) is 17.8 Å². The van der Waals surface area contributed by atoms with Crippen LogP contribution in [-0.2, 0) is 0 Å². The van der Waals surface area contributed by atoms with Gasteiger partial charge in [0.1, 0.15) is 5.69 Å². The number of nitrogens with zero attached hydrogens (tertiary/aromatic N) is 2. The SMILES string of the molecule is C=CCSCCNc1cc2nc[nH]c(=O)c2cc1[N+](=O)[O-]. The zero-order chi connectivity index (χ0) is 15.2. The zero-order valence-corrected chi connectivity index (χ0v) is 12.0. The Hall–Kier alpha value is -2.35. The minimum Gasteiger partial charge on any atom is -0.379 e. The summed E-state index contributed by atoms with van der Waals surface area (Å²) in [7, 11) is 0. The molecule has 8 heteroatoms. The third-order valence-corrected chi connectivity index (χ3v) is 3.72. The topological polar surface area (TPSA) is 101 Å². The second-order valence-corrected chi connectivity index (χ2v) is 5.32. The van der Waals surface area contributed by atoms with Gasteiger partial charge in [-0.3, -0.25) is 14.9 Å². The van der Waals surface area contributed by atoms with Gasteiger partial charge in [0.2, 0.25) is 0 Å². The first-order valence-corrected chi connectivity index (χ1v) is 7.37. The maximum atomic E-state index is 11.6. The second-order valence-electron chi connectivity index (χ2n) is 4.17. The molecular formula is C13H14N4O3S. The third kappa shape index (κ3) is 3.60. The Morgan fingerprint density at radius 3 is 3.05 bits per heavy atom. The van der Waals surface area contributed by atoms with Crippen molar-refractivity contribution in [2.75, 3.05) is 23.4 Å². The van der Waals surface area contributed by atoms with Crippen molar-refractivity contribution in [2.24, 2.45) is 0 Å². The molecule has 2 rings (SSSR count). The number of hydrogen-bond donors (Lipinski definition) is 2. The molecule has 0 aliphatic rings. The molecule has 2 N–H and O–H groups in total. The largest absolute Gasteiger partial charge is 0.379 e. The van der Waals surface area contributed by atoms with E-state index in [0.29, 0.717) is 17.7 Å². The van der Waals surface area contributed by atoms with E-state index < -0.39 is 10.5 Å². The first-order valence-electron chi connectivity index (χ1n) is 6.22. The van der Waals surface area contributed by atoms with Crippen molar-refractivity contribution in [1.29, 1.82) is 0 Å². The highest BCUT2D eigenvalue weighted by molar-refractivity contribution is 7.99. The van der Waals surface area contributed by atoms with E-state index in [9.17, 15) is 14.9 Å². The van der Waals surface area contributed by atoms with Gasteiger partial charge in [0.25, 0.3) is 11.2 Å². The van der Waals surface area contributed by atoms with Gasteiger partial charge in [-0.1, -0.05) is 6.08 Å². The molecule has 0 radical (unpaired) electrons. The molecule has 0 atom stereocenters. The first-order chi connectivity index (χ1) is 10.1. The first kappa shape index (κ1) is 15.0. The quantitative estimate of drug-likeness (QED) is 0.352. The molecule has 110 valence electrons. The molecule has 0 unspecified atom stereocenters. The number of nitro groups is 1. The molecule has 1 heterocycles. The number of aromatic nitrogens is 2. The number of nitrogens with one attached hydrogen (secondary N) is 2. The molecule has 0 saturated heterocycles. The van der Waals surface area contributed by atoms with Crippen LogP contribution in [0.5, 0.6) is 0 Å². The third-order valence-electron chi connectivity index (χ3n) is 2.75. The van der Waals surface area contributed by atoms with Crippen molar-refractivity contribution < 1.29 is 4.92 Å². The van der Waals surface area contributed by atoms with E-state index in [1.807, 2.05) is 0 Å². The lowest BCUT2D eigenvalue weighted by atomic mass is 10.2. The van der Waals surface area contributed by atoms with Gasteiger partial charge in [-0.15, -0.1) is 6.58 Å². The Kier molecular flexibility index (Phi) is 4.94. The van der Waals surface area contributed by atoms with Crippen LogP contribution in [0.2, 0.25) is 0 Å². The van der Waals surface area contributed by atoms with Crippen LogP contribution >= 0.6 is 11.8 Å². The van der Waals surface area contributed by atoms with Gasteiger partial charge >= 0.3 is 0 Å². The van der Waals surface area contributed by atoms with Crippen molar-refractivity contribution in [2.45, 2.75) is 0 Å². The van der Waals surface area contributed by atoms with E-state index in [2.05, 4.69) is 21.9 Å². The van der Waals surface area contributed by atoms with Crippen LogP contribution in [0.1, 0.15) is 0 Å². The van der Waals surface area contributed by atoms with Gasteiger partial charge in [-0.05, 0) is 6.07 Å². The molecule has 0 amide bonds. The number of H-pyrrole nitrogens is 1. The lowest BCUT2D eigenvalue weighted by molar-refractivity contribution is -0.383. The Morgan fingerprint density at radius 2 is 2.33 bits per heavy atom. The monoisotopic (exact) mass is 306 g/mol. The van der Waals surface area contributed by atoms with E-state index in [-0.39, 0.29) is 11.1 Å². The fourth-order valence-corrected chi connectivity index (χ4v) is 2.40. The maximum absolute atomic E-state index is 11.6. The Bertz CT molecular complexity index is 729. The van der Waals surface area contributed by atoms with E-state index in [4.69, 9.17) is 0 Å². The van der Waals surface area contributed by atoms with Gasteiger partial charge in [0, 0.05) is 24.1 Å². The van der Waals surface area contributed by atoms with Crippen molar-refractivity contribution in [3.63, 3.8) is 0 Å². The summed E-state index contributed by atoms with van der Waals surface area (Å²) in [5, 5.41) is 14.3. The number of thioether (sulfide) groups is 1. The van der Waals surface area contributed by atoms with Gasteiger partial charge in [0.15, 0.2) is 0 Å². The van der Waals surface area contributed by atoms with Gasteiger partial charge in [-0.25, -0.2) is 4.98 Å². The molecule has 0 aliphatic heterocycles. The predicted octanol–water partition coefficient (Wildman–Crippen LogP) is 2.16. The van der Waals surface area contributed by atoms with E-state index in [1.165, 1.54) is 18.5 Å². The van der Waals surface area contributed by atoms with Crippen LogP contribution in [0.4, 0.5) is 11.4 Å². The molecule has 1 aromatic heterocycles. The Labute approximate surface area is 124 Å². The second kappa shape index (κ2) is 6.89.